The molecule has 1 fully saturated rings. The van der Waals surface area contributed by atoms with Crippen molar-refractivity contribution in [3.05, 3.63) is 63.6 Å². The molecule has 33 heavy (non-hydrogen) atoms. The number of ether oxygens (including phenoxy) is 2. The fraction of sp³-hybridized carbons (Fsp3) is 0.409. The van der Waals surface area contributed by atoms with Crippen molar-refractivity contribution in [1.29, 1.82) is 0 Å². The third-order valence-electron chi connectivity index (χ3n) is 5.57. The zero-order chi connectivity index (χ0) is 24.2. The average Bonchev–Trinajstić information content (AvgIpc) is 2.98. The van der Waals surface area contributed by atoms with Gasteiger partial charge in [0.15, 0.2) is 0 Å². The van der Waals surface area contributed by atoms with E-state index in [1.807, 2.05) is 0 Å². The van der Waals surface area contributed by atoms with E-state index in [-0.39, 0.29) is 32.8 Å². The first kappa shape index (κ1) is 25.6. The fourth-order valence-corrected chi connectivity index (χ4v) is 4.85. The van der Waals surface area contributed by atoms with Crippen LogP contribution in [0, 0.1) is 0 Å². The van der Waals surface area contributed by atoms with Crippen LogP contribution >= 0.6 is 23.2 Å². The Balaban J connectivity index is 1.91. The van der Waals surface area contributed by atoms with Crippen molar-refractivity contribution in [2.45, 2.75) is 18.6 Å². The minimum absolute atomic E-state index is 0.0449. The molecule has 1 aliphatic heterocycles. The predicted molar refractivity (Wildman–Crippen MR) is 127 cm³/mol. The molecule has 2 aromatic rings. The fourth-order valence-electron chi connectivity index (χ4n) is 3.75. The van der Waals surface area contributed by atoms with Gasteiger partial charge in [-0.05, 0) is 35.4 Å². The maximum absolute atomic E-state index is 12.6. The zero-order valence-corrected chi connectivity index (χ0v) is 20.6. The summed E-state index contributed by atoms with van der Waals surface area (Å²) in [5, 5.41) is 10.3. The van der Waals surface area contributed by atoms with Crippen LogP contribution in [0.4, 0.5) is 4.79 Å². The highest BCUT2D eigenvalue weighted by molar-refractivity contribution is 7.88. The number of nitrogens with zero attached hydrogens (tertiary/aromatic N) is 2. The molecule has 1 aliphatic rings. The number of halogens is 2. The Bertz CT molecular complexity index is 1080. The van der Waals surface area contributed by atoms with Gasteiger partial charge in [0.25, 0.3) is 0 Å². The van der Waals surface area contributed by atoms with E-state index in [1.54, 1.807) is 49.6 Å². The average molecular weight is 517 g/mol. The maximum Gasteiger partial charge on any atom is 0.407 e. The summed E-state index contributed by atoms with van der Waals surface area (Å²) in [5.74, 6) is 0.226. The topological polar surface area (TPSA) is 96.4 Å². The molecule has 1 amide bonds. The molecule has 11 heteroatoms. The molecule has 2 atom stereocenters. The minimum Gasteiger partial charge on any atom is -0.497 e. The van der Waals surface area contributed by atoms with Crippen molar-refractivity contribution in [1.82, 2.24) is 9.21 Å². The Morgan fingerprint density at radius 1 is 1.21 bits per heavy atom. The zero-order valence-electron chi connectivity index (χ0n) is 18.3. The second-order valence-electron chi connectivity index (χ2n) is 7.82. The maximum atomic E-state index is 12.6. The molecule has 0 aliphatic carbocycles. The van der Waals surface area contributed by atoms with Gasteiger partial charge in [-0.3, -0.25) is 0 Å². The molecule has 0 saturated carbocycles. The van der Waals surface area contributed by atoms with Gasteiger partial charge in [-0.25, -0.2) is 13.2 Å². The Kier molecular flexibility index (Phi) is 8.47. The van der Waals surface area contributed by atoms with E-state index < -0.39 is 28.1 Å². The summed E-state index contributed by atoms with van der Waals surface area (Å²) in [7, 11) is -2.04. The number of amides is 1. The highest BCUT2D eigenvalue weighted by Gasteiger charge is 2.34. The van der Waals surface area contributed by atoms with E-state index >= 15 is 0 Å². The molecule has 3 rings (SSSR count). The number of sulfonamides is 1. The number of hydrogen-bond acceptors (Lipinski definition) is 5. The summed E-state index contributed by atoms with van der Waals surface area (Å²) in [6.07, 6.45) is -0.521. The molecule has 8 nitrogen and oxygen atoms in total. The van der Waals surface area contributed by atoms with Crippen LogP contribution in [0.5, 0.6) is 5.75 Å². The summed E-state index contributed by atoms with van der Waals surface area (Å²) < 4.78 is 37.8. The largest absolute Gasteiger partial charge is 0.497 e. The summed E-state index contributed by atoms with van der Waals surface area (Å²) in [6.45, 7) is 0.649. The summed E-state index contributed by atoms with van der Waals surface area (Å²) in [4.78, 5) is 13.0. The SMILES string of the molecule is COc1ccc(CN(C[C@H]2OCCN(C(=O)O)C[C@@H]2c2ccc(Cl)c(Cl)c2)S(C)(=O)=O)cc1. The van der Waals surface area contributed by atoms with E-state index in [4.69, 9.17) is 32.7 Å². The molecule has 0 bridgehead atoms. The van der Waals surface area contributed by atoms with Gasteiger partial charge in [-0.1, -0.05) is 41.4 Å². The molecule has 0 unspecified atom stereocenters. The number of methoxy groups -OCH3 is 1. The lowest BCUT2D eigenvalue weighted by atomic mass is 9.92. The Morgan fingerprint density at radius 3 is 2.48 bits per heavy atom. The normalized spacial score (nSPS) is 19.4. The molecule has 1 heterocycles. The lowest BCUT2D eigenvalue weighted by Crippen LogP contribution is -2.41. The Hall–Kier alpha value is -2.04. The van der Waals surface area contributed by atoms with Gasteiger partial charge in [0.2, 0.25) is 10.0 Å². The van der Waals surface area contributed by atoms with Crippen molar-refractivity contribution in [3.63, 3.8) is 0 Å². The molecular weight excluding hydrogens is 491 g/mol. The Morgan fingerprint density at radius 2 is 1.91 bits per heavy atom. The number of hydrogen-bond donors (Lipinski definition) is 1. The lowest BCUT2D eigenvalue weighted by molar-refractivity contribution is 0.0375. The third-order valence-corrected chi connectivity index (χ3v) is 7.53. The van der Waals surface area contributed by atoms with E-state index in [0.29, 0.717) is 15.8 Å². The van der Waals surface area contributed by atoms with E-state index in [2.05, 4.69) is 0 Å². The van der Waals surface area contributed by atoms with Gasteiger partial charge in [-0.15, -0.1) is 0 Å². The molecule has 2 aromatic carbocycles. The highest BCUT2D eigenvalue weighted by atomic mass is 35.5. The van der Waals surface area contributed by atoms with E-state index in [0.717, 1.165) is 17.4 Å². The van der Waals surface area contributed by atoms with Gasteiger partial charge in [0, 0.05) is 32.1 Å². The van der Waals surface area contributed by atoms with Gasteiger partial charge in [0.1, 0.15) is 5.75 Å². The van der Waals surface area contributed by atoms with Gasteiger partial charge in [0.05, 0.1) is 36.1 Å². The second kappa shape index (κ2) is 10.9. The van der Waals surface area contributed by atoms with Crippen LogP contribution in [-0.4, -0.2) is 74.5 Å². The van der Waals surface area contributed by atoms with E-state index in [9.17, 15) is 18.3 Å². The van der Waals surface area contributed by atoms with Crippen LogP contribution in [0.25, 0.3) is 0 Å². The standard InChI is InChI=1S/C22H26Cl2N2O6S/c1-31-17-6-3-15(4-7-17)12-26(33(2,29)30)14-21-18(13-25(22(27)28)9-10-32-21)16-5-8-19(23)20(24)11-16/h3-8,11,18,21H,9-10,12-14H2,1-2H3,(H,27,28)/t18-,21-/m1/s1. The molecule has 0 aromatic heterocycles. The lowest BCUT2D eigenvalue weighted by Gasteiger charge is -2.31. The smallest absolute Gasteiger partial charge is 0.407 e. The van der Waals surface area contributed by atoms with E-state index in [1.165, 1.54) is 9.21 Å². The van der Waals surface area contributed by atoms with Crippen LogP contribution in [0.1, 0.15) is 17.0 Å². The monoisotopic (exact) mass is 516 g/mol. The minimum atomic E-state index is -3.60. The number of carbonyl (C=O) groups is 1. The van der Waals surface area contributed by atoms with Crippen molar-refractivity contribution < 1.29 is 27.8 Å². The van der Waals surface area contributed by atoms with Crippen LogP contribution in [0.3, 0.4) is 0 Å². The van der Waals surface area contributed by atoms with Crippen molar-refractivity contribution in [2.24, 2.45) is 0 Å². The van der Waals surface area contributed by atoms with Crippen molar-refractivity contribution >= 4 is 39.3 Å². The Labute approximate surface area is 203 Å². The summed E-state index contributed by atoms with van der Waals surface area (Å²) >= 11 is 12.3. The summed E-state index contributed by atoms with van der Waals surface area (Å²) in [6, 6.07) is 12.2. The van der Waals surface area contributed by atoms with Crippen LogP contribution in [0.2, 0.25) is 10.0 Å². The molecule has 1 N–H and O–H groups in total. The molecule has 0 radical (unpaired) electrons. The van der Waals surface area contributed by atoms with Crippen LogP contribution < -0.4 is 4.74 Å². The molecular formula is C22H26Cl2N2O6S. The molecule has 0 spiro atoms. The first-order valence-corrected chi connectivity index (χ1v) is 12.8. The molecule has 180 valence electrons. The first-order chi connectivity index (χ1) is 15.6. The molecule has 1 saturated heterocycles. The highest BCUT2D eigenvalue weighted by Crippen LogP contribution is 2.32. The van der Waals surface area contributed by atoms with Gasteiger partial charge < -0.3 is 19.5 Å². The van der Waals surface area contributed by atoms with Crippen LogP contribution in [0.15, 0.2) is 42.5 Å². The number of carboxylic acid groups (broad SMARTS) is 1. The van der Waals surface area contributed by atoms with Crippen LogP contribution in [-0.2, 0) is 21.3 Å². The van der Waals surface area contributed by atoms with Crippen molar-refractivity contribution in [2.75, 3.05) is 39.6 Å². The van der Waals surface area contributed by atoms with Crippen molar-refractivity contribution in [3.8, 4) is 5.75 Å². The first-order valence-electron chi connectivity index (χ1n) is 10.2. The number of benzene rings is 2. The quantitative estimate of drug-likeness (QED) is 0.598. The van der Waals surface area contributed by atoms with Gasteiger partial charge >= 0.3 is 6.09 Å². The number of rotatable bonds is 7. The van der Waals surface area contributed by atoms with Gasteiger partial charge in [-0.2, -0.15) is 4.31 Å². The predicted octanol–water partition coefficient (Wildman–Crippen LogP) is 3.93. The summed E-state index contributed by atoms with van der Waals surface area (Å²) in [5.41, 5.74) is 1.51. The second-order valence-corrected chi connectivity index (χ2v) is 10.6. The third kappa shape index (κ3) is 6.74.